The molecule has 3 heterocycles. The van der Waals surface area contributed by atoms with E-state index in [1.807, 2.05) is 60.7 Å². The molecule has 0 aliphatic carbocycles. The zero-order valence-electron chi connectivity index (χ0n) is 40.5. The minimum atomic E-state index is -1.82. The first kappa shape index (κ1) is 54.8. The van der Waals surface area contributed by atoms with E-state index < -0.39 is 96.0 Å². The number of cyclic esters (lactones) is 1. The van der Waals surface area contributed by atoms with Crippen molar-refractivity contribution in [1.82, 2.24) is 15.1 Å². The third-order valence-corrected chi connectivity index (χ3v) is 13.6. The molecule has 17 heteroatoms. The van der Waals surface area contributed by atoms with E-state index in [9.17, 15) is 30.0 Å². The summed E-state index contributed by atoms with van der Waals surface area (Å²) in [5.41, 5.74) is -4.43. The van der Waals surface area contributed by atoms with Crippen molar-refractivity contribution < 1.29 is 67.9 Å². The molecule has 62 heavy (non-hydrogen) atoms. The van der Waals surface area contributed by atoms with Crippen molar-refractivity contribution >= 4 is 11.9 Å². The molecule has 1 amide bonds. The first-order valence-corrected chi connectivity index (χ1v) is 22.9. The predicted octanol–water partition coefficient (Wildman–Crippen LogP) is 2.47. The van der Waals surface area contributed by atoms with Gasteiger partial charge in [-0.15, -0.1) is 0 Å². The summed E-state index contributed by atoms with van der Waals surface area (Å²) in [4.78, 5) is 30.6. The molecule has 0 saturated carbocycles. The van der Waals surface area contributed by atoms with Crippen LogP contribution in [0.2, 0.25) is 0 Å². The summed E-state index contributed by atoms with van der Waals surface area (Å²) in [6.07, 6.45) is -7.18. The van der Waals surface area contributed by atoms with Crippen LogP contribution in [0.1, 0.15) is 108 Å². The van der Waals surface area contributed by atoms with E-state index >= 15 is 0 Å². The number of nitrogens with one attached hydrogen (secondary N) is 1. The first-order valence-electron chi connectivity index (χ1n) is 22.9. The van der Waals surface area contributed by atoms with Gasteiger partial charge in [0.2, 0.25) is 5.91 Å². The molecular formula is C45H85N3O14. The molecule has 3 aliphatic heterocycles. The highest BCUT2D eigenvalue weighted by Crippen LogP contribution is 2.40. The number of esters is 1. The molecule has 5 N–H and O–H groups in total. The van der Waals surface area contributed by atoms with Crippen molar-refractivity contribution in [2.24, 2.45) is 17.8 Å². The highest BCUT2D eigenvalue weighted by molar-refractivity contribution is 5.77. The Morgan fingerprint density at radius 2 is 1.63 bits per heavy atom. The highest BCUT2D eigenvalue weighted by atomic mass is 16.7. The molecule has 0 aromatic heterocycles. The Morgan fingerprint density at radius 1 is 0.968 bits per heavy atom. The van der Waals surface area contributed by atoms with Gasteiger partial charge in [-0.1, -0.05) is 20.8 Å². The number of amides is 1. The van der Waals surface area contributed by atoms with Crippen molar-refractivity contribution in [1.29, 1.82) is 0 Å². The van der Waals surface area contributed by atoms with Crippen molar-refractivity contribution in [3.63, 3.8) is 0 Å². The van der Waals surface area contributed by atoms with Crippen molar-refractivity contribution in [3.8, 4) is 0 Å². The average Bonchev–Trinajstić information content (AvgIpc) is 3.20. The lowest BCUT2D eigenvalue weighted by molar-refractivity contribution is -0.321. The van der Waals surface area contributed by atoms with E-state index in [1.165, 1.54) is 14.0 Å². The van der Waals surface area contributed by atoms with Gasteiger partial charge in [0.05, 0.1) is 41.5 Å². The third-order valence-electron chi connectivity index (χ3n) is 13.6. The molecule has 17 nitrogen and oxygen atoms in total. The van der Waals surface area contributed by atoms with Gasteiger partial charge in [0, 0.05) is 57.8 Å². The standard InChI is InChI=1S/C45H85N3O14/c1-16-33-45(11,54)38(50)30(7)48(14)24-26(3)22-43(9,53)40(28(5)36(29(6)41(52)60-33)61-35-23-44(10,55-15)39(51)31(8)59-35)62-42-37(32(47(12)13)21-27(4)58-42)57-20-18-19-46-34(49)25-56-17-2/h26-33,35-40,42,50-51,53-54H,16-25H2,1-15H3,(H,46,49)/t26-,27-,28+,29-,30-,31+,32+,33-,35+,36+,37-,38-,39+,40-,42+,43-,44-,45-/m1/s1. The summed E-state index contributed by atoms with van der Waals surface area (Å²) in [7, 11) is 7.30. The SMILES string of the molecule is CCOCC(=O)NCCCO[C@H]1[C@H](O[C@@H]2[C@@H](C)[C@H](O[C@H]3C[C@@](C)(OC)[C@@H](O)[C@H](C)O3)[C@@H](C)C(=O)O[C@H](CC)[C@@](C)(O)[C@H](O)[C@@H](C)N(C)C[C@H](C)C[C@@]2(C)O)O[C@H](C)C[C@@H]1N(C)C. The molecular weight excluding hydrogens is 807 g/mol. The second-order valence-electron chi connectivity index (χ2n) is 19.4. The summed E-state index contributed by atoms with van der Waals surface area (Å²) in [5.74, 6) is -2.84. The van der Waals surface area contributed by atoms with Gasteiger partial charge in [0.15, 0.2) is 12.6 Å². The van der Waals surface area contributed by atoms with Gasteiger partial charge in [-0.3, -0.25) is 9.59 Å². The Bertz CT molecular complexity index is 1370. The molecule has 3 fully saturated rings. The number of aliphatic hydroxyl groups is 4. The number of hydrogen-bond acceptors (Lipinski definition) is 16. The lowest BCUT2D eigenvalue weighted by Gasteiger charge is -2.49. The molecule has 0 aromatic carbocycles. The number of methoxy groups -OCH3 is 1. The quantitative estimate of drug-likeness (QED) is 0.118. The molecule has 3 saturated heterocycles. The maximum Gasteiger partial charge on any atom is 0.311 e. The lowest BCUT2D eigenvalue weighted by atomic mass is 9.77. The fourth-order valence-corrected chi connectivity index (χ4v) is 9.67. The van der Waals surface area contributed by atoms with Gasteiger partial charge in [0.25, 0.3) is 0 Å². The van der Waals surface area contributed by atoms with Crippen LogP contribution >= 0.6 is 0 Å². The Labute approximate surface area is 371 Å². The monoisotopic (exact) mass is 892 g/mol. The zero-order valence-corrected chi connectivity index (χ0v) is 40.5. The van der Waals surface area contributed by atoms with Crippen LogP contribution in [0.3, 0.4) is 0 Å². The second kappa shape index (κ2) is 23.7. The Morgan fingerprint density at radius 3 is 2.23 bits per heavy atom. The molecule has 0 spiro atoms. The van der Waals surface area contributed by atoms with Crippen LogP contribution in [-0.4, -0.2) is 194 Å². The summed E-state index contributed by atoms with van der Waals surface area (Å²) >= 11 is 0. The normalized spacial score (nSPS) is 43.4. The first-order chi connectivity index (χ1) is 28.8. The van der Waals surface area contributed by atoms with Crippen molar-refractivity contribution in [2.45, 2.75) is 199 Å². The molecule has 0 aromatic rings. The van der Waals surface area contributed by atoms with Crippen LogP contribution in [-0.2, 0) is 47.5 Å². The highest BCUT2D eigenvalue weighted by Gasteiger charge is 2.53. The van der Waals surface area contributed by atoms with Crippen LogP contribution in [0.5, 0.6) is 0 Å². The zero-order chi connectivity index (χ0) is 46.9. The largest absolute Gasteiger partial charge is 0.459 e. The molecule has 0 unspecified atom stereocenters. The smallest absolute Gasteiger partial charge is 0.311 e. The minimum Gasteiger partial charge on any atom is -0.459 e. The summed E-state index contributed by atoms with van der Waals surface area (Å²) in [5, 5.41) is 50.2. The number of ether oxygens (including phenoxy) is 8. The number of aliphatic hydroxyl groups excluding tert-OH is 2. The number of likely N-dealkylation sites (N-methyl/N-ethyl adjacent to an activating group) is 2. The average molecular weight is 892 g/mol. The van der Waals surface area contributed by atoms with Crippen molar-refractivity contribution in [2.75, 3.05) is 61.2 Å². The number of nitrogens with zero attached hydrogens (tertiary/aromatic N) is 2. The second-order valence-corrected chi connectivity index (χ2v) is 19.4. The van der Waals surface area contributed by atoms with E-state index in [1.54, 1.807) is 34.6 Å². The molecule has 0 bridgehead atoms. The Hall–Kier alpha value is -1.58. The summed E-state index contributed by atoms with van der Waals surface area (Å²) < 4.78 is 50.4. The fraction of sp³-hybridized carbons (Fsp3) is 0.956. The maximum absolute atomic E-state index is 14.4. The number of carbonyl (C=O) groups is 2. The van der Waals surface area contributed by atoms with E-state index in [0.29, 0.717) is 32.5 Å². The van der Waals surface area contributed by atoms with Gasteiger partial charge < -0.3 is 73.4 Å². The van der Waals surface area contributed by atoms with Crippen LogP contribution < -0.4 is 5.32 Å². The predicted molar refractivity (Wildman–Crippen MR) is 232 cm³/mol. The number of hydrogen-bond donors (Lipinski definition) is 5. The van der Waals surface area contributed by atoms with E-state index in [2.05, 4.69) is 10.2 Å². The van der Waals surface area contributed by atoms with Crippen LogP contribution in [0.15, 0.2) is 0 Å². The van der Waals surface area contributed by atoms with Crippen LogP contribution in [0.25, 0.3) is 0 Å². The van der Waals surface area contributed by atoms with Gasteiger partial charge in [-0.05, 0) is 108 Å². The van der Waals surface area contributed by atoms with Gasteiger partial charge in [-0.25, -0.2) is 0 Å². The Kier molecular flexibility index (Phi) is 21.0. The minimum absolute atomic E-state index is 0.0136. The van der Waals surface area contributed by atoms with E-state index in [4.69, 9.17) is 37.9 Å². The molecule has 3 rings (SSSR count). The Balaban J connectivity index is 2.14. The van der Waals surface area contributed by atoms with Crippen molar-refractivity contribution in [3.05, 3.63) is 0 Å². The number of carbonyl (C=O) groups excluding carboxylic acids is 2. The topological polar surface area (TPSA) is 207 Å². The van der Waals surface area contributed by atoms with Crippen LogP contribution in [0, 0.1) is 17.8 Å². The molecule has 3 aliphatic rings. The summed E-state index contributed by atoms with van der Waals surface area (Å²) in [6, 6.07) is -0.698. The maximum atomic E-state index is 14.4. The van der Waals surface area contributed by atoms with Gasteiger partial charge in [-0.2, -0.15) is 0 Å². The lowest BCUT2D eigenvalue weighted by Crippen LogP contribution is -2.61. The van der Waals surface area contributed by atoms with E-state index in [-0.39, 0.29) is 56.4 Å². The molecule has 0 radical (unpaired) electrons. The van der Waals surface area contributed by atoms with Gasteiger partial charge in [0.1, 0.15) is 36.6 Å². The molecule has 364 valence electrons. The summed E-state index contributed by atoms with van der Waals surface area (Å²) in [6.45, 7) is 21.2. The number of rotatable bonds is 15. The third kappa shape index (κ3) is 14.0. The molecule has 18 atom stereocenters. The van der Waals surface area contributed by atoms with Gasteiger partial charge >= 0.3 is 5.97 Å². The van der Waals surface area contributed by atoms with Crippen LogP contribution in [0.4, 0.5) is 0 Å². The fourth-order valence-electron chi connectivity index (χ4n) is 9.67. The van der Waals surface area contributed by atoms with E-state index in [0.717, 1.165) is 0 Å².